The Hall–Kier alpha value is -2.76. The van der Waals surface area contributed by atoms with Crippen molar-refractivity contribution in [2.75, 3.05) is 20.1 Å². The maximum absolute atomic E-state index is 13.2. The van der Waals surface area contributed by atoms with Gasteiger partial charge in [-0.05, 0) is 56.5 Å². The van der Waals surface area contributed by atoms with Crippen molar-refractivity contribution < 1.29 is 14.0 Å². The van der Waals surface area contributed by atoms with Gasteiger partial charge in [0.15, 0.2) is 0 Å². The molecule has 1 aromatic heterocycles. The summed E-state index contributed by atoms with van der Waals surface area (Å²) in [5, 5.41) is 2.58. The van der Waals surface area contributed by atoms with Crippen molar-refractivity contribution in [3.63, 3.8) is 0 Å². The van der Waals surface area contributed by atoms with Gasteiger partial charge in [0.2, 0.25) is 5.91 Å². The molecule has 2 amide bonds. The van der Waals surface area contributed by atoms with Gasteiger partial charge < -0.3 is 10.2 Å². The molecule has 0 aliphatic carbocycles. The Bertz CT molecular complexity index is 847. The van der Waals surface area contributed by atoms with Gasteiger partial charge in [-0.3, -0.25) is 14.6 Å². The molecule has 5 nitrogen and oxygen atoms in total. The van der Waals surface area contributed by atoms with Crippen LogP contribution in [0.25, 0.3) is 0 Å². The average Bonchev–Trinajstić information content (AvgIpc) is 2.73. The van der Waals surface area contributed by atoms with Crippen LogP contribution in [0.3, 0.4) is 0 Å². The highest BCUT2D eigenvalue weighted by atomic mass is 19.1. The number of halogens is 1. The zero-order valence-corrected chi connectivity index (χ0v) is 16.5. The maximum Gasteiger partial charge on any atom is 0.252 e. The molecule has 0 bridgehead atoms. The fourth-order valence-corrected chi connectivity index (χ4v) is 3.71. The molecule has 28 heavy (non-hydrogen) atoms. The second-order valence-corrected chi connectivity index (χ2v) is 7.77. The highest BCUT2D eigenvalue weighted by molar-refractivity contribution is 5.93. The predicted octanol–water partition coefficient (Wildman–Crippen LogP) is 3.26. The number of carbonyl (C=O) groups is 2. The number of hydrogen-bond donors (Lipinski definition) is 1. The van der Waals surface area contributed by atoms with E-state index >= 15 is 0 Å². The van der Waals surface area contributed by atoms with Crippen molar-refractivity contribution in [2.45, 2.75) is 38.0 Å². The van der Waals surface area contributed by atoms with E-state index < -0.39 is 5.41 Å². The fraction of sp³-hybridized carbons (Fsp3) is 0.409. The number of rotatable bonds is 4. The molecule has 1 atom stereocenters. The summed E-state index contributed by atoms with van der Waals surface area (Å²) in [7, 11) is 1.59. The van der Waals surface area contributed by atoms with Gasteiger partial charge in [0, 0.05) is 37.9 Å². The van der Waals surface area contributed by atoms with Gasteiger partial charge in [-0.25, -0.2) is 4.39 Å². The van der Waals surface area contributed by atoms with Crippen LogP contribution < -0.4 is 5.32 Å². The van der Waals surface area contributed by atoms with Crippen molar-refractivity contribution in [2.24, 2.45) is 0 Å². The van der Waals surface area contributed by atoms with Crippen LogP contribution in [0, 0.1) is 5.82 Å². The molecule has 0 radical (unpaired) electrons. The molecule has 1 aliphatic heterocycles. The normalized spacial score (nSPS) is 17.3. The zero-order valence-electron chi connectivity index (χ0n) is 16.5. The SMILES string of the molecule is CNC(=O)c1ccc(C2CCCN(C(=O)C(C)(C)c3ccc(F)cc3)C2)nc1. The van der Waals surface area contributed by atoms with Crippen LogP contribution in [0.4, 0.5) is 4.39 Å². The van der Waals surface area contributed by atoms with Crippen molar-refractivity contribution >= 4 is 11.8 Å². The predicted molar refractivity (Wildman–Crippen MR) is 106 cm³/mol. The number of amides is 2. The smallest absolute Gasteiger partial charge is 0.252 e. The summed E-state index contributed by atoms with van der Waals surface area (Å²) >= 11 is 0. The standard InChI is InChI=1S/C22H26FN3O2/c1-22(2,17-7-9-18(23)10-8-17)21(28)26-12-4-5-16(14-26)19-11-6-15(13-25-19)20(27)24-3/h6-11,13,16H,4-5,12,14H2,1-3H3,(H,24,27). The lowest BCUT2D eigenvalue weighted by atomic mass is 9.82. The largest absolute Gasteiger partial charge is 0.355 e. The minimum atomic E-state index is -0.730. The lowest BCUT2D eigenvalue weighted by Crippen LogP contribution is -2.47. The number of piperidine rings is 1. The van der Waals surface area contributed by atoms with Crippen molar-refractivity contribution in [3.05, 3.63) is 65.2 Å². The van der Waals surface area contributed by atoms with E-state index in [-0.39, 0.29) is 23.5 Å². The zero-order chi connectivity index (χ0) is 20.3. The molecule has 2 aromatic rings. The topological polar surface area (TPSA) is 62.3 Å². The van der Waals surface area contributed by atoms with E-state index in [0.29, 0.717) is 18.7 Å². The molecule has 1 saturated heterocycles. The van der Waals surface area contributed by atoms with Gasteiger partial charge >= 0.3 is 0 Å². The molecular formula is C22H26FN3O2. The minimum absolute atomic E-state index is 0.0331. The first-order valence-corrected chi connectivity index (χ1v) is 9.56. The molecule has 1 N–H and O–H groups in total. The summed E-state index contributed by atoms with van der Waals surface area (Å²) in [5.41, 5.74) is 1.48. The van der Waals surface area contributed by atoms with E-state index in [1.165, 1.54) is 12.1 Å². The van der Waals surface area contributed by atoms with Crippen LogP contribution in [0.1, 0.15) is 54.2 Å². The number of aromatic nitrogens is 1. The van der Waals surface area contributed by atoms with Crippen LogP contribution in [0.5, 0.6) is 0 Å². The van der Waals surface area contributed by atoms with E-state index in [0.717, 1.165) is 24.1 Å². The summed E-state index contributed by atoms with van der Waals surface area (Å²) in [6.45, 7) is 5.05. The van der Waals surface area contributed by atoms with Crippen LogP contribution >= 0.6 is 0 Å². The highest BCUT2D eigenvalue weighted by Gasteiger charge is 2.36. The molecule has 1 aromatic carbocycles. The van der Waals surface area contributed by atoms with Crippen molar-refractivity contribution in [3.8, 4) is 0 Å². The summed E-state index contributed by atoms with van der Waals surface area (Å²) in [5.74, 6) is -0.303. The number of benzene rings is 1. The molecule has 3 rings (SSSR count). The molecule has 1 unspecified atom stereocenters. The molecular weight excluding hydrogens is 357 g/mol. The Morgan fingerprint density at radius 1 is 1.18 bits per heavy atom. The lowest BCUT2D eigenvalue weighted by molar-refractivity contribution is -0.137. The molecule has 0 spiro atoms. The average molecular weight is 383 g/mol. The Balaban J connectivity index is 1.74. The first kappa shape index (κ1) is 20.0. The number of hydrogen-bond acceptors (Lipinski definition) is 3. The molecule has 1 fully saturated rings. The molecule has 1 aliphatic rings. The number of carbonyl (C=O) groups excluding carboxylic acids is 2. The van der Waals surface area contributed by atoms with Crippen molar-refractivity contribution in [1.29, 1.82) is 0 Å². The first-order chi connectivity index (χ1) is 13.3. The number of nitrogens with zero attached hydrogens (tertiary/aromatic N) is 2. The second-order valence-electron chi connectivity index (χ2n) is 7.77. The van der Waals surface area contributed by atoms with Gasteiger partial charge in [0.05, 0.1) is 11.0 Å². The first-order valence-electron chi connectivity index (χ1n) is 9.56. The summed E-state index contributed by atoms with van der Waals surface area (Å²) in [6, 6.07) is 9.77. The number of pyridine rings is 1. The maximum atomic E-state index is 13.2. The molecule has 0 saturated carbocycles. The Kier molecular flexibility index (Phi) is 5.77. The Morgan fingerprint density at radius 2 is 1.89 bits per heavy atom. The van der Waals surface area contributed by atoms with Gasteiger partial charge in [0.25, 0.3) is 5.91 Å². The Morgan fingerprint density at radius 3 is 2.50 bits per heavy atom. The van der Waals surface area contributed by atoms with E-state index in [2.05, 4.69) is 10.3 Å². The third-order valence-corrected chi connectivity index (χ3v) is 5.50. The molecule has 6 heteroatoms. The van der Waals surface area contributed by atoms with Gasteiger partial charge in [-0.2, -0.15) is 0 Å². The third kappa shape index (κ3) is 4.06. The summed E-state index contributed by atoms with van der Waals surface area (Å²) < 4.78 is 13.2. The third-order valence-electron chi connectivity index (χ3n) is 5.50. The quantitative estimate of drug-likeness (QED) is 0.881. The van der Waals surface area contributed by atoms with Crippen LogP contribution in [0.15, 0.2) is 42.6 Å². The second kappa shape index (κ2) is 8.09. The van der Waals surface area contributed by atoms with E-state index in [4.69, 9.17) is 0 Å². The number of nitrogens with one attached hydrogen (secondary N) is 1. The van der Waals surface area contributed by atoms with E-state index in [1.807, 2.05) is 24.8 Å². The van der Waals surface area contributed by atoms with Gasteiger partial charge in [0.1, 0.15) is 5.82 Å². The highest BCUT2D eigenvalue weighted by Crippen LogP contribution is 2.31. The van der Waals surface area contributed by atoms with Gasteiger partial charge in [-0.1, -0.05) is 12.1 Å². The van der Waals surface area contributed by atoms with E-state index in [1.54, 1.807) is 31.4 Å². The summed E-state index contributed by atoms with van der Waals surface area (Å²) in [6.07, 6.45) is 3.43. The Labute approximate surface area is 165 Å². The van der Waals surface area contributed by atoms with Gasteiger partial charge in [-0.15, -0.1) is 0 Å². The minimum Gasteiger partial charge on any atom is -0.355 e. The van der Waals surface area contributed by atoms with Crippen molar-refractivity contribution in [1.82, 2.24) is 15.2 Å². The van der Waals surface area contributed by atoms with Crippen LogP contribution in [0.2, 0.25) is 0 Å². The molecule has 148 valence electrons. The monoisotopic (exact) mass is 383 g/mol. The van der Waals surface area contributed by atoms with E-state index in [9.17, 15) is 14.0 Å². The number of likely N-dealkylation sites (tertiary alicyclic amines) is 1. The summed E-state index contributed by atoms with van der Waals surface area (Å²) in [4.78, 5) is 31.2. The van der Waals surface area contributed by atoms with Crippen LogP contribution in [-0.2, 0) is 10.2 Å². The fourth-order valence-electron chi connectivity index (χ4n) is 3.71. The van der Waals surface area contributed by atoms with Crippen LogP contribution in [-0.4, -0.2) is 41.8 Å². The molecule has 2 heterocycles. The lowest BCUT2D eigenvalue weighted by Gasteiger charge is -2.37.